The first kappa shape index (κ1) is 23.7. The maximum absolute atomic E-state index is 13.3. The van der Waals surface area contributed by atoms with Crippen LogP contribution in [0, 0.1) is 12.8 Å². The van der Waals surface area contributed by atoms with Crippen LogP contribution in [0.2, 0.25) is 0 Å². The van der Waals surface area contributed by atoms with Gasteiger partial charge >= 0.3 is 0 Å². The fourth-order valence-corrected chi connectivity index (χ4v) is 6.79. The van der Waals surface area contributed by atoms with E-state index >= 15 is 0 Å². The van der Waals surface area contributed by atoms with Crippen molar-refractivity contribution >= 4 is 33.4 Å². The number of carbonyl (C=O) groups excluding carboxylic acids is 3. The van der Waals surface area contributed by atoms with Gasteiger partial charge in [0.15, 0.2) is 6.04 Å². The summed E-state index contributed by atoms with van der Waals surface area (Å²) in [7, 11) is -2.29. The zero-order chi connectivity index (χ0) is 23.9. The van der Waals surface area contributed by atoms with Crippen molar-refractivity contribution in [2.75, 3.05) is 38.1 Å². The summed E-state index contributed by atoms with van der Waals surface area (Å²) in [6.07, 6.45) is 2.91. The molecule has 3 aliphatic rings. The van der Waals surface area contributed by atoms with Gasteiger partial charge in [0.2, 0.25) is 21.8 Å². The largest absolute Gasteiger partial charge is 0.368 e. The molecule has 0 aromatic heterocycles. The van der Waals surface area contributed by atoms with Crippen molar-refractivity contribution in [1.29, 1.82) is 0 Å². The van der Waals surface area contributed by atoms with Crippen LogP contribution < -0.4 is 15.4 Å². The maximum atomic E-state index is 13.3. The Morgan fingerprint density at radius 3 is 2.61 bits per heavy atom. The molecule has 11 heteroatoms. The Bertz CT molecular complexity index is 1070. The molecular formula is C22H31N5O5S. The van der Waals surface area contributed by atoms with Crippen molar-refractivity contribution < 1.29 is 22.8 Å². The number of hydrogen-bond acceptors (Lipinski definition) is 6. The number of amides is 3. The molecule has 33 heavy (non-hydrogen) atoms. The quantitative estimate of drug-likeness (QED) is 0.546. The Kier molecular flexibility index (Phi) is 6.47. The number of hydrogen-bond donors (Lipinski definition) is 2. The molecule has 1 aromatic rings. The average molecular weight is 478 g/mol. The Hall–Kier alpha value is -2.50. The smallest absolute Gasteiger partial charge is 0.250 e. The molecule has 1 aromatic carbocycles. The van der Waals surface area contributed by atoms with Crippen molar-refractivity contribution in [3.63, 3.8) is 0 Å². The van der Waals surface area contributed by atoms with Crippen LogP contribution in [0.15, 0.2) is 23.1 Å². The van der Waals surface area contributed by atoms with Gasteiger partial charge in [-0.1, -0.05) is 6.07 Å². The summed E-state index contributed by atoms with van der Waals surface area (Å²) < 4.78 is 28.8. The van der Waals surface area contributed by atoms with E-state index < -0.39 is 27.9 Å². The topological polar surface area (TPSA) is 133 Å². The standard InChI is InChI=1S/C22H31N5O5S/c1-14-16(26-10-5-9-19(26)28)7-3-8-18(14)33(31,32)24-20(21(23)29)22(30)27-11-4-6-15-12-25(2)13-17(15)27/h3,7-8,15,17,20,24H,4-6,9-13H2,1-2H3,(H2,23,29)/t15?,17?,20-/m0/s1. The normalized spacial score (nSPS) is 24.7. The summed E-state index contributed by atoms with van der Waals surface area (Å²) in [4.78, 5) is 43.0. The van der Waals surface area contributed by atoms with Gasteiger partial charge in [0, 0.05) is 44.3 Å². The zero-order valence-corrected chi connectivity index (χ0v) is 19.8. The molecule has 10 nitrogen and oxygen atoms in total. The zero-order valence-electron chi connectivity index (χ0n) is 19.0. The average Bonchev–Trinajstić information content (AvgIpc) is 3.35. The van der Waals surface area contributed by atoms with Gasteiger partial charge in [-0.05, 0) is 56.8 Å². The van der Waals surface area contributed by atoms with Crippen LogP contribution in [-0.4, -0.2) is 81.2 Å². The number of nitrogens with one attached hydrogen (secondary N) is 1. The van der Waals surface area contributed by atoms with Crippen LogP contribution in [0.4, 0.5) is 5.69 Å². The number of rotatable bonds is 6. The number of benzene rings is 1. The molecule has 3 N–H and O–H groups in total. The third-order valence-electron chi connectivity index (χ3n) is 6.96. The van der Waals surface area contributed by atoms with Crippen molar-refractivity contribution in [2.24, 2.45) is 11.7 Å². The van der Waals surface area contributed by atoms with E-state index in [1.54, 1.807) is 28.9 Å². The van der Waals surface area contributed by atoms with E-state index in [-0.39, 0.29) is 16.8 Å². The van der Waals surface area contributed by atoms with Crippen molar-refractivity contribution in [1.82, 2.24) is 14.5 Å². The first-order chi connectivity index (χ1) is 15.6. The summed E-state index contributed by atoms with van der Waals surface area (Å²) in [5.74, 6) is -1.41. The fraction of sp³-hybridized carbons (Fsp3) is 0.591. The molecule has 4 rings (SSSR count). The van der Waals surface area contributed by atoms with Gasteiger partial charge in [0.25, 0.3) is 5.91 Å². The van der Waals surface area contributed by atoms with Gasteiger partial charge in [-0.15, -0.1) is 0 Å². The lowest BCUT2D eigenvalue weighted by Crippen LogP contribution is -2.59. The second-order valence-electron chi connectivity index (χ2n) is 9.23. The first-order valence-corrected chi connectivity index (χ1v) is 12.8. The SMILES string of the molecule is Cc1c(N2CCCC2=O)cccc1S(=O)(=O)N[C@@H](C(N)=O)C(=O)N1CCCC2CN(C)CC21. The number of nitrogens with zero attached hydrogens (tertiary/aromatic N) is 3. The van der Waals surface area contributed by atoms with Gasteiger partial charge in [0.05, 0.1) is 4.90 Å². The van der Waals surface area contributed by atoms with E-state index in [1.165, 1.54) is 6.07 Å². The van der Waals surface area contributed by atoms with Crippen LogP contribution in [0.3, 0.4) is 0 Å². The molecule has 3 atom stereocenters. The van der Waals surface area contributed by atoms with Crippen molar-refractivity contribution in [3.05, 3.63) is 23.8 Å². The summed E-state index contributed by atoms with van der Waals surface area (Å²) in [5, 5.41) is 0. The molecule has 3 fully saturated rings. The molecule has 2 unspecified atom stereocenters. The Morgan fingerprint density at radius 1 is 1.18 bits per heavy atom. The van der Waals surface area contributed by atoms with Gasteiger partial charge in [0.1, 0.15) is 0 Å². The highest BCUT2D eigenvalue weighted by Gasteiger charge is 2.43. The molecule has 0 radical (unpaired) electrons. The number of fused-ring (bicyclic) bond motifs is 1. The molecule has 0 spiro atoms. The molecule has 0 aliphatic carbocycles. The minimum absolute atomic E-state index is 0.0613. The van der Waals surface area contributed by atoms with Crippen LogP contribution in [0.5, 0.6) is 0 Å². The summed E-state index contributed by atoms with van der Waals surface area (Å²) in [5.41, 5.74) is 6.39. The Balaban J connectivity index is 1.60. The number of sulfonamides is 1. The van der Waals surface area contributed by atoms with Gasteiger partial charge in [-0.25, -0.2) is 8.42 Å². The van der Waals surface area contributed by atoms with Gasteiger partial charge < -0.3 is 20.4 Å². The highest BCUT2D eigenvalue weighted by atomic mass is 32.2. The highest BCUT2D eigenvalue weighted by molar-refractivity contribution is 7.89. The third kappa shape index (κ3) is 4.49. The van der Waals surface area contributed by atoms with Crippen LogP contribution >= 0.6 is 0 Å². The summed E-state index contributed by atoms with van der Waals surface area (Å²) >= 11 is 0. The van der Waals surface area contributed by atoms with E-state index in [1.807, 2.05) is 7.05 Å². The van der Waals surface area contributed by atoms with E-state index in [9.17, 15) is 22.8 Å². The minimum atomic E-state index is -4.27. The van der Waals surface area contributed by atoms with Crippen molar-refractivity contribution in [2.45, 2.75) is 49.6 Å². The number of likely N-dealkylation sites (tertiary alicyclic amines) is 2. The number of piperidine rings is 1. The predicted octanol–water partition coefficient (Wildman–Crippen LogP) is -0.193. The van der Waals surface area contributed by atoms with Crippen LogP contribution in [0.25, 0.3) is 0 Å². The molecule has 3 aliphatic heterocycles. The van der Waals surface area contributed by atoms with Crippen LogP contribution in [-0.2, 0) is 24.4 Å². The third-order valence-corrected chi connectivity index (χ3v) is 8.53. The number of anilines is 1. The second-order valence-corrected chi connectivity index (χ2v) is 10.9. The first-order valence-electron chi connectivity index (χ1n) is 11.3. The number of likely N-dealkylation sites (N-methyl/N-ethyl adjacent to an activating group) is 1. The molecule has 0 bridgehead atoms. The van der Waals surface area contributed by atoms with E-state index in [0.717, 1.165) is 19.4 Å². The van der Waals surface area contributed by atoms with Crippen LogP contribution in [0.1, 0.15) is 31.2 Å². The highest BCUT2D eigenvalue weighted by Crippen LogP contribution is 2.31. The minimum Gasteiger partial charge on any atom is -0.368 e. The van der Waals surface area contributed by atoms with Gasteiger partial charge in [-0.2, -0.15) is 4.72 Å². The van der Waals surface area contributed by atoms with E-state index in [0.29, 0.717) is 49.6 Å². The molecule has 3 amide bonds. The monoisotopic (exact) mass is 477 g/mol. The van der Waals surface area contributed by atoms with E-state index in [2.05, 4.69) is 9.62 Å². The number of nitrogens with two attached hydrogens (primary N) is 1. The molecule has 0 saturated carbocycles. The van der Waals surface area contributed by atoms with E-state index in [4.69, 9.17) is 5.73 Å². The second kappa shape index (κ2) is 9.03. The lowest BCUT2D eigenvalue weighted by Gasteiger charge is -2.38. The summed E-state index contributed by atoms with van der Waals surface area (Å²) in [6.45, 7) is 4.14. The van der Waals surface area contributed by atoms with Gasteiger partial charge in [-0.3, -0.25) is 14.4 Å². The lowest BCUT2D eigenvalue weighted by atomic mass is 9.91. The maximum Gasteiger partial charge on any atom is 0.250 e. The lowest BCUT2D eigenvalue weighted by molar-refractivity contribution is -0.141. The number of carbonyl (C=O) groups is 3. The molecule has 3 heterocycles. The molecule has 180 valence electrons. The number of primary amides is 1. The van der Waals surface area contributed by atoms with Crippen molar-refractivity contribution in [3.8, 4) is 0 Å². The molecule has 3 saturated heterocycles. The summed E-state index contributed by atoms with van der Waals surface area (Å²) in [6, 6.07) is 2.88. The Labute approximate surface area is 194 Å². The Morgan fingerprint density at radius 2 is 1.94 bits per heavy atom. The fourth-order valence-electron chi connectivity index (χ4n) is 5.37. The predicted molar refractivity (Wildman–Crippen MR) is 122 cm³/mol. The molecular weight excluding hydrogens is 446 g/mol.